The predicted octanol–water partition coefficient (Wildman–Crippen LogP) is 3.28. The molecule has 2 aromatic carbocycles. The van der Waals surface area contributed by atoms with Crippen molar-refractivity contribution < 1.29 is 14.6 Å². The van der Waals surface area contributed by atoms with Gasteiger partial charge in [-0.2, -0.15) is 0 Å². The quantitative estimate of drug-likeness (QED) is 0.833. The minimum atomic E-state index is 0.0418. The summed E-state index contributed by atoms with van der Waals surface area (Å²) in [6.45, 7) is 6.32. The second-order valence-corrected chi connectivity index (χ2v) is 7.64. The zero-order chi connectivity index (χ0) is 20.1. The number of carbonyl (C=O) groups is 1. The lowest BCUT2D eigenvalue weighted by atomic mass is 10.0. The Balaban J connectivity index is 1.83. The molecular weight excluding hydrogens is 352 g/mol. The van der Waals surface area contributed by atoms with E-state index in [1.54, 1.807) is 0 Å². The van der Waals surface area contributed by atoms with E-state index in [0.29, 0.717) is 25.1 Å². The minimum absolute atomic E-state index is 0.0418. The van der Waals surface area contributed by atoms with Crippen molar-refractivity contribution in [1.82, 2.24) is 9.80 Å². The third-order valence-electron chi connectivity index (χ3n) is 5.20. The highest BCUT2D eigenvalue weighted by Crippen LogP contribution is 2.31. The number of aliphatic hydroxyl groups is 1. The molecule has 150 valence electrons. The summed E-state index contributed by atoms with van der Waals surface area (Å²) in [5.41, 5.74) is 2.65. The summed E-state index contributed by atoms with van der Waals surface area (Å²) in [5, 5.41) is 9.29. The number of para-hydroxylation sites is 1. The molecule has 1 unspecified atom stereocenters. The highest BCUT2D eigenvalue weighted by atomic mass is 16.5. The van der Waals surface area contributed by atoms with E-state index < -0.39 is 0 Å². The number of benzene rings is 2. The fourth-order valence-corrected chi connectivity index (χ4v) is 3.66. The summed E-state index contributed by atoms with van der Waals surface area (Å²) in [6.07, 6.45) is 0.764. The van der Waals surface area contributed by atoms with Crippen molar-refractivity contribution in [3.05, 3.63) is 54.1 Å². The van der Waals surface area contributed by atoms with Gasteiger partial charge in [-0.15, -0.1) is 0 Å². The molecule has 5 heteroatoms. The number of nitrogens with zero attached hydrogens (tertiary/aromatic N) is 2. The number of hydrogen-bond acceptors (Lipinski definition) is 4. The zero-order valence-corrected chi connectivity index (χ0v) is 17.0. The molecule has 1 amide bonds. The van der Waals surface area contributed by atoms with Crippen LogP contribution in [0.1, 0.15) is 30.6 Å². The van der Waals surface area contributed by atoms with Gasteiger partial charge in [-0.25, -0.2) is 0 Å². The number of rotatable bonds is 6. The van der Waals surface area contributed by atoms with E-state index in [-0.39, 0.29) is 24.7 Å². The maximum Gasteiger partial charge on any atom is 0.253 e. The normalized spacial score (nSPS) is 17.8. The molecule has 1 saturated heterocycles. The third-order valence-corrected chi connectivity index (χ3v) is 5.20. The number of carbonyl (C=O) groups excluding carboxylic acids is 1. The van der Waals surface area contributed by atoms with Crippen LogP contribution in [0.5, 0.6) is 5.75 Å². The second kappa shape index (κ2) is 9.22. The molecule has 1 aliphatic heterocycles. The number of ether oxygens (including phenoxy) is 1. The van der Waals surface area contributed by atoms with E-state index >= 15 is 0 Å². The topological polar surface area (TPSA) is 53.0 Å². The average Bonchev–Trinajstić information content (AvgIpc) is 2.69. The summed E-state index contributed by atoms with van der Waals surface area (Å²) in [5.74, 6) is 0.866. The van der Waals surface area contributed by atoms with Gasteiger partial charge >= 0.3 is 0 Å². The molecule has 0 spiro atoms. The highest BCUT2D eigenvalue weighted by molar-refractivity contribution is 5.95. The van der Waals surface area contributed by atoms with Crippen LogP contribution >= 0.6 is 0 Å². The van der Waals surface area contributed by atoms with Crippen molar-refractivity contribution in [3.63, 3.8) is 0 Å². The first-order chi connectivity index (χ1) is 13.5. The third kappa shape index (κ3) is 4.72. The molecule has 0 bridgehead atoms. The molecule has 2 aromatic rings. The number of aliphatic hydroxyl groups excluding tert-OH is 1. The Kier molecular flexibility index (Phi) is 6.70. The fraction of sp³-hybridized carbons (Fsp3) is 0.435. The number of amides is 1. The van der Waals surface area contributed by atoms with Gasteiger partial charge in [0, 0.05) is 43.4 Å². The van der Waals surface area contributed by atoms with Gasteiger partial charge < -0.3 is 14.7 Å². The zero-order valence-electron chi connectivity index (χ0n) is 17.0. The van der Waals surface area contributed by atoms with Crippen LogP contribution in [0.25, 0.3) is 11.1 Å². The van der Waals surface area contributed by atoms with E-state index in [9.17, 15) is 9.90 Å². The van der Waals surface area contributed by atoms with Crippen LogP contribution in [0.4, 0.5) is 0 Å². The number of likely N-dealkylation sites (N-methyl/N-ethyl adjacent to an activating group) is 1. The summed E-state index contributed by atoms with van der Waals surface area (Å²) in [6, 6.07) is 15.9. The van der Waals surface area contributed by atoms with Gasteiger partial charge in [0.25, 0.3) is 5.91 Å². The van der Waals surface area contributed by atoms with Crippen molar-refractivity contribution in [2.24, 2.45) is 0 Å². The first-order valence-electron chi connectivity index (χ1n) is 9.96. The summed E-state index contributed by atoms with van der Waals surface area (Å²) >= 11 is 0. The van der Waals surface area contributed by atoms with Gasteiger partial charge in [0.1, 0.15) is 5.75 Å². The van der Waals surface area contributed by atoms with Crippen molar-refractivity contribution in [2.45, 2.75) is 32.4 Å². The first kappa shape index (κ1) is 20.4. The van der Waals surface area contributed by atoms with Crippen molar-refractivity contribution in [1.29, 1.82) is 0 Å². The Morgan fingerprint density at radius 3 is 2.71 bits per heavy atom. The minimum Gasteiger partial charge on any atom is -0.490 e. The largest absolute Gasteiger partial charge is 0.490 e. The Bertz CT molecular complexity index is 806. The van der Waals surface area contributed by atoms with Crippen molar-refractivity contribution in [3.8, 4) is 16.9 Å². The van der Waals surface area contributed by atoms with E-state index in [1.165, 1.54) is 0 Å². The maximum atomic E-state index is 13.1. The highest BCUT2D eigenvalue weighted by Gasteiger charge is 2.27. The predicted molar refractivity (Wildman–Crippen MR) is 112 cm³/mol. The lowest BCUT2D eigenvalue weighted by Gasteiger charge is -2.39. The van der Waals surface area contributed by atoms with Crippen LogP contribution in [-0.4, -0.2) is 66.2 Å². The van der Waals surface area contributed by atoms with Gasteiger partial charge in [-0.3, -0.25) is 9.69 Å². The molecular formula is C23H30N2O3. The average molecular weight is 383 g/mol. The Hall–Kier alpha value is -2.37. The van der Waals surface area contributed by atoms with Crippen LogP contribution in [0, 0.1) is 0 Å². The molecule has 3 rings (SSSR count). The van der Waals surface area contributed by atoms with Gasteiger partial charge in [-0.1, -0.05) is 30.3 Å². The molecule has 1 atom stereocenters. The summed E-state index contributed by atoms with van der Waals surface area (Å²) in [7, 11) is 2.05. The van der Waals surface area contributed by atoms with Crippen LogP contribution < -0.4 is 4.74 Å². The van der Waals surface area contributed by atoms with Crippen LogP contribution in [0.3, 0.4) is 0 Å². The van der Waals surface area contributed by atoms with Crippen LogP contribution in [0.2, 0.25) is 0 Å². The van der Waals surface area contributed by atoms with E-state index in [1.807, 2.05) is 67.3 Å². The molecule has 0 radical (unpaired) electrons. The molecule has 28 heavy (non-hydrogen) atoms. The lowest BCUT2D eigenvalue weighted by molar-refractivity contribution is 0.0500. The maximum absolute atomic E-state index is 13.1. The lowest BCUT2D eigenvalue weighted by Crippen LogP contribution is -2.53. The van der Waals surface area contributed by atoms with Gasteiger partial charge in [0.05, 0.1) is 6.10 Å². The summed E-state index contributed by atoms with van der Waals surface area (Å²) < 4.78 is 5.94. The smallest absolute Gasteiger partial charge is 0.253 e. The van der Waals surface area contributed by atoms with Crippen LogP contribution in [-0.2, 0) is 0 Å². The van der Waals surface area contributed by atoms with E-state index in [2.05, 4.69) is 11.9 Å². The standard InChI is InChI=1S/C23H30N2O3/c1-17(2)28-22-10-5-4-9-21(22)18-7-6-8-19(15-18)23(27)25-13-12-24(3)20(16-25)11-14-26/h4-10,15,17,20,26H,11-14,16H2,1-3H3. The monoisotopic (exact) mass is 382 g/mol. The van der Waals surface area contributed by atoms with Crippen molar-refractivity contribution >= 4 is 5.91 Å². The molecule has 1 fully saturated rings. The molecule has 1 aliphatic rings. The van der Waals surface area contributed by atoms with Crippen molar-refractivity contribution in [2.75, 3.05) is 33.3 Å². The Morgan fingerprint density at radius 1 is 1.18 bits per heavy atom. The molecule has 5 nitrogen and oxygen atoms in total. The number of piperazine rings is 1. The fourth-order valence-electron chi connectivity index (χ4n) is 3.66. The van der Waals surface area contributed by atoms with Gasteiger partial charge in [0.15, 0.2) is 0 Å². The second-order valence-electron chi connectivity index (χ2n) is 7.64. The first-order valence-corrected chi connectivity index (χ1v) is 9.96. The Morgan fingerprint density at radius 2 is 1.96 bits per heavy atom. The molecule has 1 N–H and O–H groups in total. The molecule has 0 aromatic heterocycles. The molecule has 0 aliphatic carbocycles. The molecule has 0 saturated carbocycles. The van der Waals surface area contributed by atoms with E-state index in [4.69, 9.17) is 4.74 Å². The van der Waals surface area contributed by atoms with Gasteiger partial charge in [0.2, 0.25) is 0 Å². The Labute approximate surface area is 167 Å². The van der Waals surface area contributed by atoms with E-state index in [0.717, 1.165) is 23.4 Å². The number of hydrogen-bond donors (Lipinski definition) is 1. The summed E-state index contributed by atoms with van der Waals surface area (Å²) in [4.78, 5) is 17.2. The molecule has 1 heterocycles. The van der Waals surface area contributed by atoms with Crippen LogP contribution in [0.15, 0.2) is 48.5 Å². The van der Waals surface area contributed by atoms with Gasteiger partial charge in [-0.05, 0) is 51.1 Å². The SMILES string of the molecule is CC(C)Oc1ccccc1-c1cccc(C(=O)N2CCN(C)C(CCO)C2)c1.